The Labute approximate surface area is 102 Å². The average molecular weight is 248 g/mol. The number of carbonyl (C=O) groups excluding carboxylic acids is 1. The first-order valence-electron chi connectivity index (χ1n) is 5.66. The van der Waals surface area contributed by atoms with Gasteiger partial charge in [-0.15, -0.1) is 0 Å². The van der Waals surface area contributed by atoms with Crippen LogP contribution in [0.15, 0.2) is 15.4 Å². The van der Waals surface area contributed by atoms with Crippen LogP contribution >= 0.6 is 0 Å². The molecule has 2 aromatic rings. The summed E-state index contributed by atoms with van der Waals surface area (Å²) in [7, 11) is 0. The lowest BCUT2D eigenvalue weighted by Crippen LogP contribution is -2.37. The minimum atomic E-state index is -0.181. The number of hydrogen-bond acceptors (Lipinski definition) is 4. The largest absolute Gasteiger partial charge is 0.361 e. The fourth-order valence-electron chi connectivity index (χ4n) is 2.14. The number of rotatable bonds is 1. The number of hydrogen-bond donors (Lipinski definition) is 2. The molecule has 3 rings (SSSR count). The molecule has 0 fully saturated rings. The molecule has 1 amide bonds. The van der Waals surface area contributed by atoms with Crippen LogP contribution in [0.4, 0.5) is 0 Å². The van der Waals surface area contributed by atoms with Crippen molar-refractivity contribution < 1.29 is 9.32 Å². The maximum atomic E-state index is 12.1. The molecule has 0 spiro atoms. The molecule has 0 saturated heterocycles. The maximum Gasteiger partial charge on any atom is 0.276 e. The summed E-state index contributed by atoms with van der Waals surface area (Å²) < 4.78 is 4.89. The molecule has 0 unspecified atom stereocenters. The SMILES string of the molecule is Cc1cc(C(=O)N2CCc3c([nH][nH]c3=O)C2)no1. The Bertz CT molecular complexity index is 651. The number of fused-ring (bicyclic) bond motifs is 1. The van der Waals surface area contributed by atoms with Crippen LogP contribution in [0.3, 0.4) is 0 Å². The van der Waals surface area contributed by atoms with Crippen LogP contribution in [0.2, 0.25) is 0 Å². The molecule has 94 valence electrons. The van der Waals surface area contributed by atoms with E-state index < -0.39 is 0 Å². The highest BCUT2D eigenvalue weighted by molar-refractivity contribution is 5.92. The summed E-state index contributed by atoms with van der Waals surface area (Å²) in [5.41, 5.74) is 1.69. The third kappa shape index (κ3) is 1.64. The molecule has 0 bridgehead atoms. The van der Waals surface area contributed by atoms with Crippen LogP contribution in [-0.2, 0) is 13.0 Å². The van der Waals surface area contributed by atoms with Crippen molar-refractivity contribution in [3.8, 4) is 0 Å². The zero-order valence-electron chi connectivity index (χ0n) is 9.82. The molecular formula is C11H12N4O3. The Morgan fingerprint density at radius 2 is 2.33 bits per heavy atom. The number of amides is 1. The number of aromatic nitrogens is 3. The normalized spacial score (nSPS) is 14.6. The highest BCUT2D eigenvalue weighted by Crippen LogP contribution is 2.16. The maximum absolute atomic E-state index is 12.1. The first-order valence-corrected chi connectivity index (χ1v) is 5.66. The van der Waals surface area contributed by atoms with Crippen LogP contribution in [0, 0.1) is 6.92 Å². The molecule has 0 aromatic carbocycles. The van der Waals surface area contributed by atoms with Gasteiger partial charge < -0.3 is 14.5 Å². The Morgan fingerprint density at radius 3 is 3.06 bits per heavy atom. The van der Waals surface area contributed by atoms with Crippen LogP contribution in [0.25, 0.3) is 0 Å². The molecule has 7 nitrogen and oxygen atoms in total. The van der Waals surface area contributed by atoms with E-state index in [0.717, 1.165) is 11.3 Å². The van der Waals surface area contributed by atoms with Gasteiger partial charge in [-0.3, -0.25) is 14.7 Å². The van der Waals surface area contributed by atoms with Gasteiger partial charge in [0.2, 0.25) is 0 Å². The Hall–Kier alpha value is -2.31. The topological polar surface area (TPSA) is 95.0 Å². The molecule has 0 radical (unpaired) electrons. The predicted molar refractivity (Wildman–Crippen MR) is 61.1 cm³/mol. The first-order chi connectivity index (χ1) is 8.65. The number of H-pyrrole nitrogens is 2. The molecule has 0 atom stereocenters. The number of carbonyl (C=O) groups is 1. The van der Waals surface area contributed by atoms with Crippen molar-refractivity contribution in [3.05, 3.63) is 39.1 Å². The van der Waals surface area contributed by atoms with E-state index in [1.165, 1.54) is 0 Å². The molecule has 2 aromatic heterocycles. The summed E-state index contributed by atoms with van der Waals surface area (Å²) in [6.07, 6.45) is 0.552. The summed E-state index contributed by atoms with van der Waals surface area (Å²) in [4.78, 5) is 25.2. The van der Waals surface area contributed by atoms with E-state index in [4.69, 9.17) is 4.52 Å². The van der Waals surface area contributed by atoms with Gasteiger partial charge in [-0.1, -0.05) is 5.16 Å². The fourth-order valence-corrected chi connectivity index (χ4v) is 2.14. The summed E-state index contributed by atoms with van der Waals surface area (Å²) >= 11 is 0. The van der Waals surface area contributed by atoms with Gasteiger partial charge >= 0.3 is 0 Å². The van der Waals surface area contributed by atoms with Crippen molar-refractivity contribution in [1.82, 2.24) is 20.3 Å². The van der Waals surface area contributed by atoms with Gasteiger partial charge in [0.25, 0.3) is 11.5 Å². The zero-order valence-corrected chi connectivity index (χ0v) is 9.82. The lowest BCUT2D eigenvalue weighted by Gasteiger charge is -2.25. The second-order valence-corrected chi connectivity index (χ2v) is 4.34. The summed E-state index contributed by atoms with van der Waals surface area (Å²) in [5.74, 6) is 0.422. The molecule has 18 heavy (non-hydrogen) atoms. The van der Waals surface area contributed by atoms with Crippen molar-refractivity contribution in [3.63, 3.8) is 0 Å². The summed E-state index contributed by atoms with van der Waals surface area (Å²) in [6.45, 7) is 2.64. The van der Waals surface area contributed by atoms with Crippen molar-refractivity contribution >= 4 is 5.91 Å². The third-order valence-corrected chi connectivity index (χ3v) is 3.08. The van der Waals surface area contributed by atoms with Crippen molar-refractivity contribution in [2.24, 2.45) is 0 Å². The second kappa shape index (κ2) is 3.86. The van der Waals surface area contributed by atoms with Crippen molar-refractivity contribution in [1.29, 1.82) is 0 Å². The van der Waals surface area contributed by atoms with Crippen molar-refractivity contribution in [2.75, 3.05) is 6.54 Å². The highest BCUT2D eigenvalue weighted by atomic mass is 16.5. The van der Waals surface area contributed by atoms with Crippen LogP contribution in [-0.4, -0.2) is 32.7 Å². The van der Waals surface area contributed by atoms with Gasteiger partial charge in [0, 0.05) is 18.2 Å². The van der Waals surface area contributed by atoms with Crippen LogP contribution < -0.4 is 5.56 Å². The van der Waals surface area contributed by atoms with Crippen LogP contribution in [0.1, 0.15) is 27.5 Å². The second-order valence-electron chi connectivity index (χ2n) is 4.34. The van der Waals surface area contributed by atoms with E-state index in [2.05, 4.69) is 15.4 Å². The van der Waals surface area contributed by atoms with E-state index >= 15 is 0 Å². The smallest absolute Gasteiger partial charge is 0.276 e. The molecule has 2 N–H and O–H groups in total. The molecule has 1 aliphatic rings. The quantitative estimate of drug-likeness (QED) is 0.753. The Balaban J connectivity index is 1.84. The lowest BCUT2D eigenvalue weighted by molar-refractivity contribution is 0.0722. The molecular weight excluding hydrogens is 236 g/mol. The van der Waals surface area contributed by atoms with Gasteiger partial charge in [-0.25, -0.2) is 0 Å². The number of aryl methyl sites for hydroxylation is 1. The standard InChI is InChI=1S/C11H12N4O3/c1-6-4-8(14-18-6)11(17)15-3-2-7-9(5-15)12-13-10(7)16/h4H,2-3,5H2,1H3,(H2,12,13,16). The average Bonchev–Trinajstić information content (AvgIpc) is 2.95. The van der Waals surface area contributed by atoms with E-state index in [9.17, 15) is 9.59 Å². The number of nitrogens with one attached hydrogen (secondary N) is 2. The molecule has 7 heteroatoms. The molecule has 0 saturated carbocycles. The number of aromatic amines is 2. The van der Waals surface area contributed by atoms with E-state index in [-0.39, 0.29) is 11.5 Å². The van der Waals surface area contributed by atoms with Gasteiger partial charge in [0.1, 0.15) is 5.76 Å². The highest BCUT2D eigenvalue weighted by Gasteiger charge is 2.26. The molecule has 1 aliphatic heterocycles. The third-order valence-electron chi connectivity index (χ3n) is 3.08. The molecule has 3 heterocycles. The fraction of sp³-hybridized carbons (Fsp3) is 0.364. The summed E-state index contributed by atoms with van der Waals surface area (Å²) in [5, 5.41) is 9.03. The van der Waals surface area contributed by atoms with E-state index in [1.54, 1.807) is 17.9 Å². The van der Waals surface area contributed by atoms with Gasteiger partial charge in [0.15, 0.2) is 5.69 Å². The predicted octanol–water partition coefficient (Wildman–Crippen LogP) is 0.198. The monoisotopic (exact) mass is 248 g/mol. The summed E-state index contributed by atoms with van der Waals surface area (Å²) in [6, 6.07) is 1.61. The van der Waals surface area contributed by atoms with Gasteiger partial charge in [0.05, 0.1) is 12.2 Å². The minimum Gasteiger partial charge on any atom is -0.361 e. The van der Waals surface area contributed by atoms with Crippen LogP contribution in [0.5, 0.6) is 0 Å². The lowest BCUT2D eigenvalue weighted by atomic mass is 10.1. The van der Waals surface area contributed by atoms with E-state index in [1.807, 2.05) is 0 Å². The van der Waals surface area contributed by atoms with Gasteiger partial charge in [-0.2, -0.15) is 0 Å². The molecule has 0 aliphatic carbocycles. The first kappa shape index (κ1) is 10.8. The zero-order chi connectivity index (χ0) is 12.7. The van der Waals surface area contributed by atoms with Crippen molar-refractivity contribution in [2.45, 2.75) is 19.9 Å². The minimum absolute atomic E-state index is 0.102. The van der Waals surface area contributed by atoms with E-state index in [0.29, 0.717) is 31.0 Å². The van der Waals surface area contributed by atoms with Gasteiger partial charge in [-0.05, 0) is 13.3 Å². The Morgan fingerprint density at radius 1 is 1.50 bits per heavy atom. The Kier molecular flexibility index (Phi) is 2.32. The number of nitrogens with zero attached hydrogens (tertiary/aromatic N) is 2.